The largest absolute Gasteiger partial charge is 0.417 e. The first kappa shape index (κ1) is 17.0. The molecule has 0 saturated carbocycles. The monoisotopic (exact) mass is 347 g/mol. The quantitative estimate of drug-likeness (QED) is 0.921. The molecule has 1 fully saturated rings. The fraction of sp³-hybridized carbons (Fsp3) is 0.353. The zero-order valence-electron chi connectivity index (χ0n) is 13.3. The molecule has 1 aliphatic rings. The summed E-state index contributed by atoms with van der Waals surface area (Å²) in [7, 11) is 0. The number of alkyl halides is 3. The Morgan fingerprint density at radius 1 is 1.20 bits per heavy atom. The molecule has 0 spiro atoms. The number of halogens is 3. The summed E-state index contributed by atoms with van der Waals surface area (Å²) in [5.41, 5.74) is -0.904. The molecule has 5 nitrogen and oxygen atoms in total. The molecular weight excluding hydrogens is 331 g/mol. The Hall–Kier alpha value is -2.82. The van der Waals surface area contributed by atoms with Crippen LogP contribution in [-0.4, -0.2) is 29.1 Å². The first-order valence-electron chi connectivity index (χ1n) is 7.88. The molecule has 1 saturated heterocycles. The molecule has 130 valence electrons. The van der Waals surface area contributed by atoms with Crippen molar-refractivity contribution in [3.8, 4) is 6.07 Å². The lowest BCUT2D eigenvalue weighted by molar-refractivity contribution is -0.137. The van der Waals surface area contributed by atoms with Crippen molar-refractivity contribution in [1.82, 2.24) is 9.97 Å². The molecule has 2 aromatic rings. The number of anilines is 2. The van der Waals surface area contributed by atoms with Crippen LogP contribution in [0.15, 0.2) is 36.7 Å². The summed E-state index contributed by atoms with van der Waals surface area (Å²) in [6.07, 6.45) is 0.348. The van der Waals surface area contributed by atoms with E-state index in [1.54, 1.807) is 30.6 Å². The molecule has 1 unspecified atom stereocenters. The predicted octanol–water partition coefficient (Wildman–Crippen LogP) is 3.45. The molecular formula is C17H16F3N5. The molecule has 1 N–H and O–H groups in total. The number of nitriles is 1. The normalized spacial score (nSPS) is 17.8. The molecule has 0 amide bonds. The number of hydrogen-bond acceptors (Lipinski definition) is 5. The van der Waals surface area contributed by atoms with E-state index in [9.17, 15) is 18.4 Å². The number of nitrogens with one attached hydrogen (secondary N) is 1. The number of benzene rings is 1. The van der Waals surface area contributed by atoms with Gasteiger partial charge in [-0.15, -0.1) is 0 Å². The summed E-state index contributed by atoms with van der Waals surface area (Å²) in [5.74, 6) is 0.485. The predicted molar refractivity (Wildman–Crippen MR) is 87.0 cm³/mol. The highest BCUT2D eigenvalue weighted by Crippen LogP contribution is 2.36. The van der Waals surface area contributed by atoms with E-state index in [0.717, 1.165) is 18.9 Å². The van der Waals surface area contributed by atoms with Gasteiger partial charge in [0.15, 0.2) is 0 Å². The van der Waals surface area contributed by atoms with Crippen LogP contribution in [-0.2, 0) is 6.18 Å². The number of hydrogen-bond donors (Lipinski definition) is 1. The van der Waals surface area contributed by atoms with Crippen LogP contribution in [0.25, 0.3) is 0 Å². The summed E-state index contributed by atoms with van der Waals surface area (Å²) in [5, 5.41) is 12.5. The van der Waals surface area contributed by atoms with Gasteiger partial charge in [-0.05, 0) is 31.0 Å². The van der Waals surface area contributed by atoms with E-state index in [0.29, 0.717) is 24.7 Å². The molecule has 0 bridgehead atoms. The third-order valence-corrected chi connectivity index (χ3v) is 4.12. The SMILES string of the molecule is N#Cc1c(N2CCCC(Nc3ncccn3)C2)cccc1C(F)(F)F. The van der Waals surface area contributed by atoms with Crippen molar-refractivity contribution >= 4 is 11.6 Å². The van der Waals surface area contributed by atoms with E-state index >= 15 is 0 Å². The maximum Gasteiger partial charge on any atom is 0.417 e. The van der Waals surface area contributed by atoms with Crippen LogP contribution in [0.3, 0.4) is 0 Å². The summed E-state index contributed by atoms with van der Waals surface area (Å²) >= 11 is 0. The first-order valence-corrected chi connectivity index (χ1v) is 7.88. The van der Waals surface area contributed by atoms with Crippen LogP contribution in [0.2, 0.25) is 0 Å². The summed E-state index contributed by atoms with van der Waals surface area (Å²) in [6, 6.07) is 7.28. The van der Waals surface area contributed by atoms with Gasteiger partial charge in [-0.3, -0.25) is 0 Å². The Morgan fingerprint density at radius 3 is 2.64 bits per heavy atom. The number of aromatic nitrogens is 2. The zero-order valence-corrected chi connectivity index (χ0v) is 13.3. The van der Waals surface area contributed by atoms with Crippen molar-refractivity contribution in [2.24, 2.45) is 0 Å². The molecule has 1 aliphatic heterocycles. The van der Waals surface area contributed by atoms with Crippen LogP contribution < -0.4 is 10.2 Å². The number of rotatable bonds is 3. The molecule has 25 heavy (non-hydrogen) atoms. The summed E-state index contributed by atoms with van der Waals surface area (Å²) in [4.78, 5) is 10.0. The second kappa shape index (κ2) is 6.97. The Bertz CT molecular complexity index is 770. The fourth-order valence-electron chi connectivity index (χ4n) is 3.03. The molecule has 8 heteroatoms. The third-order valence-electron chi connectivity index (χ3n) is 4.12. The first-order chi connectivity index (χ1) is 12.0. The van der Waals surface area contributed by atoms with Crippen LogP contribution >= 0.6 is 0 Å². The van der Waals surface area contributed by atoms with Gasteiger partial charge in [0.25, 0.3) is 0 Å². The van der Waals surface area contributed by atoms with E-state index in [4.69, 9.17) is 0 Å². The lowest BCUT2D eigenvalue weighted by Crippen LogP contribution is -2.42. The minimum atomic E-state index is -4.55. The average Bonchev–Trinajstić information content (AvgIpc) is 2.61. The van der Waals surface area contributed by atoms with Gasteiger partial charge in [0.1, 0.15) is 6.07 Å². The van der Waals surface area contributed by atoms with Crippen molar-refractivity contribution in [2.75, 3.05) is 23.3 Å². The lowest BCUT2D eigenvalue weighted by atomic mass is 10.0. The average molecular weight is 347 g/mol. The topological polar surface area (TPSA) is 64.8 Å². The number of nitrogens with zero attached hydrogens (tertiary/aromatic N) is 4. The lowest BCUT2D eigenvalue weighted by Gasteiger charge is -2.35. The van der Waals surface area contributed by atoms with Crippen molar-refractivity contribution in [1.29, 1.82) is 5.26 Å². The van der Waals surface area contributed by atoms with Crippen LogP contribution in [0.5, 0.6) is 0 Å². The molecule has 1 aromatic carbocycles. The van der Waals surface area contributed by atoms with Crippen LogP contribution in [0.1, 0.15) is 24.0 Å². The van der Waals surface area contributed by atoms with E-state index in [-0.39, 0.29) is 11.6 Å². The number of piperidine rings is 1. The fourth-order valence-corrected chi connectivity index (χ4v) is 3.03. The third kappa shape index (κ3) is 3.82. The van der Waals surface area contributed by atoms with Crippen molar-refractivity contribution in [3.63, 3.8) is 0 Å². The van der Waals surface area contributed by atoms with Gasteiger partial charge in [-0.2, -0.15) is 18.4 Å². The molecule has 2 heterocycles. The van der Waals surface area contributed by atoms with Gasteiger partial charge >= 0.3 is 6.18 Å². The highest BCUT2D eigenvalue weighted by atomic mass is 19.4. The van der Waals surface area contributed by atoms with E-state index < -0.39 is 11.7 Å². The zero-order chi connectivity index (χ0) is 17.9. The van der Waals surface area contributed by atoms with E-state index in [2.05, 4.69) is 15.3 Å². The maximum absolute atomic E-state index is 13.1. The molecule has 0 radical (unpaired) electrons. The molecule has 1 atom stereocenters. The maximum atomic E-state index is 13.1. The van der Waals surface area contributed by atoms with Gasteiger partial charge in [0.05, 0.1) is 16.8 Å². The van der Waals surface area contributed by atoms with Gasteiger partial charge in [-0.25, -0.2) is 9.97 Å². The minimum Gasteiger partial charge on any atom is -0.368 e. The molecule has 3 rings (SSSR count). The van der Waals surface area contributed by atoms with Gasteiger partial charge in [0, 0.05) is 31.5 Å². The van der Waals surface area contributed by atoms with Crippen molar-refractivity contribution in [3.05, 3.63) is 47.8 Å². The molecule has 1 aromatic heterocycles. The van der Waals surface area contributed by atoms with Gasteiger partial charge < -0.3 is 10.2 Å². The second-order valence-corrected chi connectivity index (χ2v) is 5.81. The molecule has 0 aliphatic carbocycles. The smallest absolute Gasteiger partial charge is 0.368 e. The highest BCUT2D eigenvalue weighted by Gasteiger charge is 2.35. The van der Waals surface area contributed by atoms with Gasteiger partial charge in [-0.1, -0.05) is 6.07 Å². The van der Waals surface area contributed by atoms with E-state index in [1.165, 1.54) is 6.07 Å². The van der Waals surface area contributed by atoms with Gasteiger partial charge in [0.2, 0.25) is 5.95 Å². The Balaban J connectivity index is 1.83. The van der Waals surface area contributed by atoms with Crippen LogP contribution in [0.4, 0.5) is 24.8 Å². The highest BCUT2D eigenvalue weighted by molar-refractivity contribution is 5.63. The van der Waals surface area contributed by atoms with Crippen molar-refractivity contribution < 1.29 is 13.2 Å². The second-order valence-electron chi connectivity index (χ2n) is 5.81. The van der Waals surface area contributed by atoms with Crippen LogP contribution in [0, 0.1) is 11.3 Å². The Kier molecular flexibility index (Phi) is 4.74. The Morgan fingerprint density at radius 2 is 1.96 bits per heavy atom. The minimum absolute atomic E-state index is 0.00256. The Labute approximate surface area is 143 Å². The van der Waals surface area contributed by atoms with Crippen molar-refractivity contribution in [2.45, 2.75) is 25.1 Å². The standard InChI is InChI=1S/C17H16F3N5/c18-17(19,20)14-5-1-6-15(13(14)10-21)25-9-2-4-12(11-25)24-16-22-7-3-8-23-16/h1,3,5-8,12H,2,4,9,11H2,(H,22,23,24). The summed E-state index contributed by atoms with van der Waals surface area (Å²) in [6.45, 7) is 1.08. The van der Waals surface area contributed by atoms with E-state index in [1.807, 2.05) is 4.90 Å². The summed E-state index contributed by atoms with van der Waals surface area (Å²) < 4.78 is 39.4.